The number of hydrogen-bond acceptors (Lipinski definition) is 4. The molecule has 2 heterocycles. The Balaban J connectivity index is 1.51. The number of amides is 2. The number of benzene rings is 1. The minimum atomic E-state index is -3.38. The Morgan fingerprint density at radius 2 is 1.50 bits per heavy atom. The van der Waals surface area contributed by atoms with E-state index >= 15 is 0 Å². The number of nitrogens with zero attached hydrogens (tertiary/aromatic N) is 2. The Bertz CT molecular complexity index is 806. The lowest BCUT2D eigenvalue weighted by molar-refractivity contribution is -0.139. The maximum absolute atomic E-state index is 12.8. The van der Waals surface area contributed by atoms with E-state index in [-0.39, 0.29) is 29.4 Å². The van der Waals surface area contributed by atoms with Crippen LogP contribution in [0, 0.1) is 18.8 Å². The molecular weight excluding hydrogens is 378 g/mol. The summed E-state index contributed by atoms with van der Waals surface area (Å²) in [5, 5.41) is 0. The van der Waals surface area contributed by atoms with Crippen molar-refractivity contribution in [2.75, 3.05) is 26.2 Å². The Morgan fingerprint density at radius 1 is 0.964 bits per heavy atom. The van der Waals surface area contributed by atoms with Crippen LogP contribution in [0.3, 0.4) is 0 Å². The fourth-order valence-electron chi connectivity index (χ4n) is 4.01. The third-order valence-corrected chi connectivity index (χ3v) is 7.73. The summed E-state index contributed by atoms with van der Waals surface area (Å²) in [6.45, 7) is 3.83. The van der Waals surface area contributed by atoms with E-state index in [2.05, 4.69) is 0 Å². The number of carbonyl (C=O) groups is 2. The molecule has 0 aliphatic carbocycles. The van der Waals surface area contributed by atoms with E-state index < -0.39 is 10.0 Å². The molecule has 1 aromatic carbocycles. The molecule has 2 saturated heterocycles. The van der Waals surface area contributed by atoms with Crippen LogP contribution < -0.4 is 5.73 Å². The average molecular weight is 408 g/mol. The fraction of sp³-hybridized carbons (Fsp3) is 0.600. The lowest BCUT2D eigenvalue weighted by atomic mass is 9.92. The van der Waals surface area contributed by atoms with Gasteiger partial charge in [0.15, 0.2) is 0 Å². The summed E-state index contributed by atoms with van der Waals surface area (Å²) in [5.74, 6) is -0.501. The largest absolute Gasteiger partial charge is 0.369 e. The van der Waals surface area contributed by atoms with E-state index in [4.69, 9.17) is 5.73 Å². The van der Waals surface area contributed by atoms with Gasteiger partial charge in [-0.05, 0) is 38.2 Å². The smallest absolute Gasteiger partial charge is 0.225 e. The Morgan fingerprint density at radius 3 is 2.04 bits per heavy atom. The van der Waals surface area contributed by atoms with Crippen LogP contribution in [0.2, 0.25) is 0 Å². The summed E-state index contributed by atoms with van der Waals surface area (Å²) in [6, 6.07) is 7.52. The van der Waals surface area contributed by atoms with Crippen LogP contribution in [0.25, 0.3) is 0 Å². The summed E-state index contributed by atoms with van der Waals surface area (Å²) in [6.07, 6.45) is 2.32. The van der Waals surface area contributed by atoms with Crippen LogP contribution in [0.4, 0.5) is 0 Å². The fourth-order valence-corrected chi connectivity index (χ4v) is 5.57. The Kier molecular flexibility index (Phi) is 6.40. The molecule has 0 atom stereocenters. The molecule has 2 aliphatic rings. The van der Waals surface area contributed by atoms with Crippen LogP contribution in [-0.4, -0.2) is 55.6 Å². The maximum atomic E-state index is 12.8. The van der Waals surface area contributed by atoms with Crippen LogP contribution in [0.1, 0.15) is 36.8 Å². The molecule has 0 bridgehead atoms. The summed E-state index contributed by atoms with van der Waals surface area (Å²) in [4.78, 5) is 25.8. The van der Waals surface area contributed by atoms with Crippen molar-refractivity contribution >= 4 is 21.8 Å². The van der Waals surface area contributed by atoms with Crippen molar-refractivity contribution < 1.29 is 18.0 Å². The molecule has 2 N–H and O–H groups in total. The monoisotopic (exact) mass is 407 g/mol. The van der Waals surface area contributed by atoms with E-state index in [0.717, 1.165) is 11.1 Å². The van der Waals surface area contributed by atoms with Crippen molar-refractivity contribution in [1.82, 2.24) is 9.21 Å². The average Bonchev–Trinajstić information content (AvgIpc) is 2.69. The molecule has 2 amide bonds. The van der Waals surface area contributed by atoms with Gasteiger partial charge in [-0.2, -0.15) is 0 Å². The highest BCUT2D eigenvalue weighted by molar-refractivity contribution is 7.88. The Hall–Kier alpha value is -1.93. The van der Waals surface area contributed by atoms with Crippen LogP contribution >= 0.6 is 0 Å². The second-order valence-electron chi connectivity index (χ2n) is 7.92. The van der Waals surface area contributed by atoms with Gasteiger partial charge in [-0.3, -0.25) is 9.59 Å². The zero-order valence-corrected chi connectivity index (χ0v) is 17.2. The van der Waals surface area contributed by atoms with Crippen molar-refractivity contribution in [3.05, 3.63) is 35.4 Å². The van der Waals surface area contributed by atoms with E-state index in [9.17, 15) is 18.0 Å². The van der Waals surface area contributed by atoms with Crippen molar-refractivity contribution in [3.8, 4) is 0 Å². The molecule has 0 spiro atoms. The van der Waals surface area contributed by atoms with Crippen LogP contribution in [0.5, 0.6) is 0 Å². The lowest BCUT2D eigenvalue weighted by Crippen LogP contribution is -2.47. The van der Waals surface area contributed by atoms with Crippen molar-refractivity contribution in [1.29, 1.82) is 0 Å². The number of aryl methyl sites for hydroxylation is 1. The molecule has 0 radical (unpaired) electrons. The molecule has 8 heteroatoms. The number of primary amides is 1. The number of rotatable bonds is 5. The van der Waals surface area contributed by atoms with Crippen LogP contribution in [0.15, 0.2) is 24.3 Å². The summed E-state index contributed by atoms with van der Waals surface area (Å²) >= 11 is 0. The molecule has 154 valence electrons. The minimum absolute atomic E-state index is 0.00742. The number of hydrogen-bond donors (Lipinski definition) is 1. The van der Waals surface area contributed by atoms with Gasteiger partial charge in [-0.25, -0.2) is 12.7 Å². The second kappa shape index (κ2) is 8.61. The first kappa shape index (κ1) is 20.8. The molecule has 7 nitrogen and oxygen atoms in total. The number of piperidine rings is 2. The first-order valence-corrected chi connectivity index (χ1v) is 11.5. The molecular formula is C20H29N3O4S. The highest BCUT2D eigenvalue weighted by atomic mass is 32.2. The first-order valence-electron chi connectivity index (χ1n) is 9.88. The zero-order valence-electron chi connectivity index (χ0n) is 16.3. The van der Waals surface area contributed by atoms with Crippen molar-refractivity contribution in [2.45, 2.75) is 38.4 Å². The normalized spacial score (nSPS) is 20.2. The number of nitrogens with two attached hydrogens (primary N) is 1. The van der Waals surface area contributed by atoms with Crippen molar-refractivity contribution in [3.63, 3.8) is 0 Å². The van der Waals surface area contributed by atoms with Gasteiger partial charge < -0.3 is 10.6 Å². The quantitative estimate of drug-likeness (QED) is 0.794. The third kappa shape index (κ3) is 4.91. The predicted octanol–water partition coefficient (Wildman–Crippen LogP) is 1.26. The molecule has 0 saturated carbocycles. The molecule has 3 rings (SSSR count). The van der Waals surface area contributed by atoms with Crippen molar-refractivity contribution in [2.24, 2.45) is 17.6 Å². The molecule has 0 aromatic heterocycles. The van der Waals surface area contributed by atoms with Gasteiger partial charge in [0.25, 0.3) is 0 Å². The summed E-state index contributed by atoms with van der Waals surface area (Å²) in [5.41, 5.74) is 7.22. The number of carbonyl (C=O) groups excluding carboxylic acids is 2. The van der Waals surface area contributed by atoms with Gasteiger partial charge in [0, 0.05) is 38.0 Å². The molecule has 2 fully saturated rings. The lowest BCUT2D eigenvalue weighted by Gasteiger charge is -2.36. The van der Waals surface area contributed by atoms with Crippen LogP contribution in [-0.2, 0) is 25.4 Å². The van der Waals surface area contributed by atoms with Gasteiger partial charge in [0.2, 0.25) is 21.8 Å². The molecule has 0 unspecified atom stereocenters. The topological polar surface area (TPSA) is 101 Å². The zero-order chi connectivity index (χ0) is 20.3. The second-order valence-corrected chi connectivity index (χ2v) is 9.89. The van der Waals surface area contributed by atoms with E-state index in [1.54, 1.807) is 4.90 Å². The van der Waals surface area contributed by atoms with E-state index in [1.807, 2.05) is 31.2 Å². The van der Waals surface area contributed by atoms with Gasteiger partial charge in [0.05, 0.1) is 5.75 Å². The Labute approximate surface area is 166 Å². The molecule has 1 aromatic rings. The molecule has 2 aliphatic heterocycles. The predicted molar refractivity (Wildman–Crippen MR) is 107 cm³/mol. The van der Waals surface area contributed by atoms with E-state index in [1.165, 1.54) is 4.31 Å². The van der Waals surface area contributed by atoms with Gasteiger partial charge in [0.1, 0.15) is 0 Å². The summed E-state index contributed by atoms with van der Waals surface area (Å²) < 4.78 is 26.9. The first-order chi connectivity index (χ1) is 13.3. The number of likely N-dealkylation sites (tertiary alicyclic amines) is 1. The maximum Gasteiger partial charge on any atom is 0.225 e. The highest BCUT2D eigenvalue weighted by Crippen LogP contribution is 2.26. The van der Waals surface area contributed by atoms with Gasteiger partial charge >= 0.3 is 0 Å². The van der Waals surface area contributed by atoms with Gasteiger partial charge in [-0.15, -0.1) is 0 Å². The highest BCUT2D eigenvalue weighted by Gasteiger charge is 2.34. The minimum Gasteiger partial charge on any atom is -0.369 e. The molecule has 28 heavy (non-hydrogen) atoms. The summed E-state index contributed by atoms with van der Waals surface area (Å²) in [7, 11) is -3.38. The van der Waals surface area contributed by atoms with Gasteiger partial charge in [-0.1, -0.05) is 29.8 Å². The SMILES string of the molecule is Cc1ccc(CS(=O)(=O)N2CCC(C(=O)N3CCC(C(N)=O)CC3)CC2)cc1. The standard InChI is InChI=1S/C20H29N3O4S/c1-15-2-4-16(5-3-15)14-28(26,27)23-12-8-18(9-13-23)20(25)22-10-6-17(7-11-22)19(21)24/h2-5,17-18H,6-14H2,1H3,(H2,21,24). The number of sulfonamides is 1. The van der Waals surface area contributed by atoms with E-state index in [0.29, 0.717) is 51.9 Å². The third-order valence-electron chi connectivity index (χ3n) is 5.88.